The summed E-state index contributed by atoms with van der Waals surface area (Å²) in [5, 5.41) is 17.1. The van der Waals surface area contributed by atoms with Gasteiger partial charge in [-0.2, -0.15) is 5.26 Å². The molecule has 0 bridgehead atoms. The Balaban J connectivity index is 2.19. The molecule has 108 valence electrons. The van der Waals surface area contributed by atoms with Crippen molar-refractivity contribution in [2.45, 2.75) is 18.4 Å². The van der Waals surface area contributed by atoms with Gasteiger partial charge in [-0.1, -0.05) is 18.2 Å². The van der Waals surface area contributed by atoms with Gasteiger partial charge in [-0.3, -0.25) is 0 Å². The van der Waals surface area contributed by atoms with Crippen LogP contribution in [0.15, 0.2) is 47.4 Å². The van der Waals surface area contributed by atoms with Gasteiger partial charge in [-0.25, -0.2) is 13.6 Å². The second kappa shape index (κ2) is 5.95. The first-order chi connectivity index (χ1) is 9.91. The number of nitriles is 1. The molecule has 0 aliphatic rings. The topological polar surface area (TPSA) is 96.0 Å². The minimum absolute atomic E-state index is 0.118. The monoisotopic (exact) mass is 301 g/mol. The number of hydrogen-bond acceptors (Lipinski definition) is 4. The van der Waals surface area contributed by atoms with E-state index in [4.69, 9.17) is 10.4 Å². The zero-order valence-electron chi connectivity index (χ0n) is 11.5. The third kappa shape index (κ3) is 3.60. The molecule has 2 rings (SSSR count). The minimum atomic E-state index is -3.72. The third-order valence-corrected chi connectivity index (χ3v) is 4.21. The third-order valence-electron chi connectivity index (χ3n) is 3.16. The lowest BCUT2D eigenvalue weighted by molar-refractivity contribution is 0.597. The molecule has 0 fully saturated rings. The summed E-state index contributed by atoms with van der Waals surface area (Å²) in [6.07, 6.45) is 0. The molecule has 0 saturated heterocycles. The number of primary sulfonamides is 1. The fourth-order valence-electron chi connectivity index (χ4n) is 2.01. The largest absolute Gasteiger partial charge is 0.381 e. The van der Waals surface area contributed by atoms with Crippen molar-refractivity contribution in [3.63, 3.8) is 0 Å². The van der Waals surface area contributed by atoms with E-state index in [1.807, 2.05) is 12.1 Å². The fourth-order valence-corrected chi connectivity index (χ4v) is 2.81. The first-order valence-electron chi connectivity index (χ1n) is 6.27. The van der Waals surface area contributed by atoms with Crippen LogP contribution >= 0.6 is 0 Å². The van der Waals surface area contributed by atoms with Gasteiger partial charge in [0, 0.05) is 12.2 Å². The van der Waals surface area contributed by atoms with E-state index in [2.05, 4.69) is 11.4 Å². The van der Waals surface area contributed by atoms with Crippen LogP contribution in [0.25, 0.3) is 0 Å². The summed E-state index contributed by atoms with van der Waals surface area (Å²) in [5.41, 5.74) is 2.90. The molecule has 0 unspecified atom stereocenters. The molecule has 0 aliphatic carbocycles. The highest BCUT2D eigenvalue weighted by Gasteiger charge is 2.13. The molecule has 0 aliphatic heterocycles. The van der Waals surface area contributed by atoms with Crippen LogP contribution in [0.1, 0.15) is 16.7 Å². The average Bonchev–Trinajstić information content (AvgIpc) is 2.45. The van der Waals surface area contributed by atoms with Crippen LogP contribution in [-0.4, -0.2) is 8.42 Å². The molecule has 0 amide bonds. The Morgan fingerprint density at radius 2 is 1.86 bits per heavy atom. The lowest BCUT2D eigenvalue weighted by atomic mass is 10.1. The van der Waals surface area contributed by atoms with Crippen LogP contribution < -0.4 is 10.5 Å². The molecule has 0 heterocycles. The van der Waals surface area contributed by atoms with Crippen LogP contribution in [0.2, 0.25) is 0 Å². The normalized spacial score (nSPS) is 10.9. The van der Waals surface area contributed by atoms with Crippen LogP contribution in [0.4, 0.5) is 5.69 Å². The van der Waals surface area contributed by atoms with Crippen molar-refractivity contribution in [3.05, 3.63) is 59.2 Å². The standard InChI is InChI=1S/C15H15N3O2S/c1-11-14(3-2-4-15(11)21(17,19)20)18-10-13-7-5-12(9-16)6-8-13/h2-8,18H,10H2,1H3,(H2,17,19,20). The van der Waals surface area contributed by atoms with Gasteiger partial charge >= 0.3 is 0 Å². The van der Waals surface area contributed by atoms with Crippen LogP contribution in [-0.2, 0) is 16.6 Å². The van der Waals surface area contributed by atoms with Crippen molar-refractivity contribution >= 4 is 15.7 Å². The number of hydrogen-bond donors (Lipinski definition) is 2. The van der Waals surface area contributed by atoms with Gasteiger partial charge < -0.3 is 5.32 Å². The Kier molecular flexibility index (Phi) is 4.26. The Hall–Kier alpha value is -2.36. The zero-order chi connectivity index (χ0) is 15.5. The Bertz CT molecular complexity index is 791. The maximum atomic E-state index is 11.5. The van der Waals surface area contributed by atoms with E-state index < -0.39 is 10.0 Å². The average molecular weight is 301 g/mol. The molecule has 3 N–H and O–H groups in total. The van der Waals surface area contributed by atoms with Crippen molar-refractivity contribution < 1.29 is 8.42 Å². The number of nitrogens with zero attached hydrogens (tertiary/aromatic N) is 1. The summed E-state index contributed by atoms with van der Waals surface area (Å²) in [6, 6.07) is 14.2. The summed E-state index contributed by atoms with van der Waals surface area (Å²) in [5.74, 6) is 0. The second-order valence-electron chi connectivity index (χ2n) is 4.64. The van der Waals surface area contributed by atoms with Crippen LogP contribution in [0, 0.1) is 18.3 Å². The van der Waals surface area contributed by atoms with E-state index in [1.165, 1.54) is 6.07 Å². The lowest BCUT2D eigenvalue weighted by Crippen LogP contribution is -2.14. The maximum absolute atomic E-state index is 11.5. The minimum Gasteiger partial charge on any atom is -0.381 e. The van der Waals surface area contributed by atoms with Gasteiger partial charge in [0.15, 0.2) is 0 Å². The van der Waals surface area contributed by atoms with E-state index in [1.54, 1.807) is 31.2 Å². The highest BCUT2D eigenvalue weighted by molar-refractivity contribution is 7.89. The van der Waals surface area contributed by atoms with Crippen molar-refractivity contribution in [2.75, 3.05) is 5.32 Å². The molecular weight excluding hydrogens is 286 g/mol. The molecule has 6 heteroatoms. The Morgan fingerprint density at radius 3 is 2.43 bits per heavy atom. The lowest BCUT2D eigenvalue weighted by Gasteiger charge is -2.12. The van der Waals surface area contributed by atoms with Gasteiger partial charge in [0.05, 0.1) is 16.5 Å². The number of sulfonamides is 1. The molecule has 2 aromatic carbocycles. The maximum Gasteiger partial charge on any atom is 0.238 e. The van der Waals surface area contributed by atoms with Gasteiger partial charge in [0.1, 0.15) is 0 Å². The molecule has 21 heavy (non-hydrogen) atoms. The van der Waals surface area contributed by atoms with E-state index in [-0.39, 0.29) is 4.90 Å². The smallest absolute Gasteiger partial charge is 0.238 e. The second-order valence-corrected chi connectivity index (χ2v) is 6.17. The zero-order valence-corrected chi connectivity index (χ0v) is 12.3. The number of benzene rings is 2. The number of rotatable bonds is 4. The predicted octanol–water partition coefficient (Wildman–Crippen LogP) is 2.13. The van der Waals surface area contributed by atoms with Gasteiger partial charge in [0.25, 0.3) is 0 Å². The SMILES string of the molecule is Cc1c(NCc2ccc(C#N)cc2)cccc1S(N)(=O)=O. The van der Waals surface area contributed by atoms with Crippen molar-refractivity contribution in [1.29, 1.82) is 5.26 Å². The molecular formula is C15H15N3O2S. The summed E-state index contributed by atoms with van der Waals surface area (Å²) in [6.45, 7) is 2.24. The van der Waals surface area contributed by atoms with Crippen molar-refractivity contribution in [2.24, 2.45) is 5.14 Å². The van der Waals surface area contributed by atoms with Crippen LogP contribution in [0.5, 0.6) is 0 Å². The van der Waals surface area contributed by atoms with Gasteiger partial charge in [-0.15, -0.1) is 0 Å². The first-order valence-corrected chi connectivity index (χ1v) is 7.82. The van der Waals surface area contributed by atoms with E-state index in [0.717, 1.165) is 5.56 Å². The van der Waals surface area contributed by atoms with E-state index in [0.29, 0.717) is 23.4 Å². The fraction of sp³-hybridized carbons (Fsp3) is 0.133. The van der Waals surface area contributed by atoms with E-state index in [9.17, 15) is 8.42 Å². The Morgan fingerprint density at radius 1 is 1.19 bits per heavy atom. The van der Waals surface area contributed by atoms with Gasteiger partial charge in [0.2, 0.25) is 10.0 Å². The summed E-state index contributed by atoms with van der Waals surface area (Å²) in [4.78, 5) is 0.118. The van der Waals surface area contributed by atoms with Crippen molar-refractivity contribution in [3.8, 4) is 6.07 Å². The molecule has 0 atom stereocenters. The van der Waals surface area contributed by atoms with Gasteiger partial charge in [-0.05, 0) is 42.3 Å². The number of anilines is 1. The summed E-state index contributed by atoms with van der Waals surface area (Å²) < 4.78 is 22.9. The molecule has 2 aromatic rings. The Labute approximate surface area is 124 Å². The highest BCUT2D eigenvalue weighted by atomic mass is 32.2. The first kappa shape index (κ1) is 15.0. The quantitative estimate of drug-likeness (QED) is 0.904. The molecule has 0 aromatic heterocycles. The van der Waals surface area contributed by atoms with Crippen LogP contribution in [0.3, 0.4) is 0 Å². The molecule has 0 radical (unpaired) electrons. The van der Waals surface area contributed by atoms with Crippen molar-refractivity contribution in [1.82, 2.24) is 0 Å². The van der Waals surface area contributed by atoms with E-state index >= 15 is 0 Å². The summed E-state index contributed by atoms with van der Waals surface area (Å²) >= 11 is 0. The highest BCUT2D eigenvalue weighted by Crippen LogP contribution is 2.22. The number of nitrogens with one attached hydrogen (secondary N) is 1. The molecule has 0 spiro atoms. The molecule has 5 nitrogen and oxygen atoms in total. The predicted molar refractivity (Wildman–Crippen MR) is 81.0 cm³/mol. The molecule has 0 saturated carbocycles. The number of nitrogens with two attached hydrogens (primary N) is 1. The summed E-state index contributed by atoms with van der Waals surface area (Å²) in [7, 11) is -3.72.